The molecule has 0 saturated carbocycles. The monoisotopic (exact) mass is 310 g/mol. The molecule has 2 atom stereocenters. The van der Waals surface area contributed by atoms with Crippen molar-refractivity contribution in [3.63, 3.8) is 0 Å². The van der Waals surface area contributed by atoms with Crippen LogP contribution in [0.2, 0.25) is 0 Å². The molecule has 0 amide bonds. The van der Waals surface area contributed by atoms with Crippen LogP contribution in [0.15, 0.2) is 42.5 Å². The molecule has 2 aliphatic rings. The van der Waals surface area contributed by atoms with Crippen LogP contribution in [0.25, 0.3) is 6.08 Å². The number of benzene rings is 2. The highest BCUT2D eigenvalue weighted by Crippen LogP contribution is 2.37. The number of rotatable bonds is 0. The molecule has 0 aliphatic carbocycles. The summed E-state index contributed by atoms with van der Waals surface area (Å²) in [7, 11) is 0. The predicted molar refractivity (Wildman–Crippen MR) is 82.5 cm³/mol. The fourth-order valence-electron chi connectivity index (χ4n) is 2.94. The molecule has 23 heavy (non-hydrogen) atoms. The number of carbonyl (C=O) groups excluding carboxylic acids is 1. The minimum absolute atomic E-state index is 0.0985. The van der Waals surface area contributed by atoms with E-state index in [1.54, 1.807) is 36.4 Å². The second-order valence-electron chi connectivity index (χ2n) is 5.69. The topological polar surface area (TPSA) is 76.0 Å². The summed E-state index contributed by atoms with van der Waals surface area (Å²) >= 11 is 0. The van der Waals surface area contributed by atoms with Crippen molar-refractivity contribution in [1.29, 1.82) is 0 Å². The van der Waals surface area contributed by atoms with E-state index in [1.807, 2.05) is 0 Å². The molecule has 0 saturated heterocycles. The Hall–Kier alpha value is -2.95. The summed E-state index contributed by atoms with van der Waals surface area (Å²) in [5.41, 5.74) is 1.48. The first kappa shape index (κ1) is 13.7. The van der Waals surface area contributed by atoms with Crippen molar-refractivity contribution in [2.45, 2.75) is 12.5 Å². The molecule has 5 heteroatoms. The molecule has 2 aromatic carbocycles. The Morgan fingerprint density at radius 3 is 2.65 bits per heavy atom. The predicted octanol–water partition coefficient (Wildman–Crippen LogP) is 2.65. The lowest BCUT2D eigenvalue weighted by Crippen LogP contribution is -2.39. The van der Waals surface area contributed by atoms with Crippen molar-refractivity contribution in [3.8, 4) is 23.0 Å². The molecule has 5 nitrogen and oxygen atoms in total. The Morgan fingerprint density at radius 1 is 1.00 bits per heavy atom. The fourth-order valence-corrected chi connectivity index (χ4v) is 2.94. The zero-order valence-corrected chi connectivity index (χ0v) is 12.1. The molecule has 116 valence electrons. The van der Waals surface area contributed by atoms with Crippen molar-refractivity contribution in [3.05, 3.63) is 53.6 Å². The molecule has 0 radical (unpaired) electrons. The van der Waals surface area contributed by atoms with Crippen molar-refractivity contribution in [1.82, 2.24) is 0 Å². The average molecular weight is 310 g/mol. The fraction of sp³-hybridized carbons (Fsp3) is 0.167. The first-order valence-corrected chi connectivity index (χ1v) is 7.31. The number of ether oxygens (including phenoxy) is 2. The van der Waals surface area contributed by atoms with E-state index >= 15 is 0 Å². The van der Waals surface area contributed by atoms with Gasteiger partial charge in [-0.1, -0.05) is 12.1 Å². The smallest absolute Gasteiger partial charge is 0.318 e. The SMILES string of the molecule is O=C1Oc2ccc(O)cc2/C=C\[C@@H]2Oc3cc(O)ccc3C[C@H]12. The van der Waals surface area contributed by atoms with Crippen molar-refractivity contribution >= 4 is 12.0 Å². The number of fused-ring (bicyclic) bond motifs is 3. The van der Waals surface area contributed by atoms with Crippen molar-refractivity contribution < 1.29 is 24.5 Å². The van der Waals surface area contributed by atoms with Crippen LogP contribution in [0.1, 0.15) is 11.1 Å². The minimum Gasteiger partial charge on any atom is -0.508 e. The first-order valence-electron chi connectivity index (χ1n) is 7.31. The third kappa shape index (κ3) is 2.40. The first-order chi connectivity index (χ1) is 11.1. The molecule has 2 N–H and O–H groups in total. The Morgan fingerprint density at radius 2 is 1.78 bits per heavy atom. The standard InChI is InChI=1S/C18H14O5/c19-12-4-6-15-10(7-12)2-5-16-14(18(21)23-15)8-11-1-3-13(20)9-17(11)22-16/h1-7,9,14,16,19-20H,8H2/b5-2-/t14-,16-/m0/s1. The maximum atomic E-state index is 12.5. The van der Waals surface area contributed by atoms with Gasteiger partial charge in [-0.15, -0.1) is 0 Å². The van der Waals surface area contributed by atoms with Gasteiger partial charge in [-0.2, -0.15) is 0 Å². The summed E-state index contributed by atoms with van der Waals surface area (Å²) in [5.74, 6) is 0.381. The van der Waals surface area contributed by atoms with Gasteiger partial charge in [-0.05, 0) is 42.3 Å². The number of phenols is 2. The van der Waals surface area contributed by atoms with Gasteiger partial charge < -0.3 is 19.7 Å². The molecular formula is C18H14O5. The number of esters is 1. The number of phenolic OH excluding ortho intramolecular Hbond substituents is 2. The van der Waals surface area contributed by atoms with Crippen LogP contribution in [-0.2, 0) is 11.2 Å². The maximum Gasteiger partial charge on any atom is 0.318 e. The molecule has 4 rings (SSSR count). The largest absolute Gasteiger partial charge is 0.508 e. The quantitative estimate of drug-likeness (QED) is 0.578. The van der Waals surface area contributed by atoms with Gasteiger partial charge in [0.25, 0.3) is 0 Å². The molecule has 2 heterocycles. The Balaban J connectivity index is 1.75. The van der Waals surface area contributed by atoms with Crippen LogP contribution in [0.5, 0.6) is 23.0 Å². The van der Waals surface area contributed by atoms with Gasteiger partial charge in [-0.25, -0.2) is 0 Å². The lowest BCUT2D eigenvalue weighted by molar-refractivity contribution is -0.141. The van der Waals surface area contributed by atoms with E-state index in [0.29, 0.717) is 23.5 Å². The van der Waals surface area contributed by atoms with Gasteiger partial charge in [0.05, 0.1) is 0 Å². The molecule has 2 aromatic rings. The van der Waals surface area contributed by atoms with Crippen LogP contribution < -0.4 is 9.47 Å². The number of aromatic hydroxyl groups is 2. The summed E-state index contributed by atoms with van der Waals surface area (Å²) in [6.07, 6.45) is 3.56. The highest BCUT2D eigenvalue weighted by Gasteiger charge is 2.36. The lowest BCUT2D eigenvalue weighted by atomic mass is 9.89. The summed E-state index contributed by atoms with van der Waals surface area (Å²) < 4.78 is 11.3. The van der Waals surface area contributed by atoms with Crippen LogP contribution in [0.4, 0.5) is 0 Å². The summed E-state index contributed by atoms with van der Waals surface area (Å²) in [4.78, 5) is 12.5. The number of hydrogen-bond donors (Lipinski definition) is 2. The summed E-state index contributed by atoms with van der Waals surface area (Å²) in [5, 5.41) is 19.2. The van der Waals surface area contributed by atoms with E-state index < -0.39 is 12.0 Å². The molecule has 0 bridgehead atoms. The molecule has 0 fully saturated rings. The summed E-state index contributed by atoms with van der Waals surface area (Å²) in [6.45, 7) is 0. The maximum absolute atomic E-state index is 12.5. The Bertz CT molecular complexity index is 824. The van der Waals surface area contributed by atoms with E-state index in [0.717, 1.165) is 5.56 Å². The van der Waals surface area contributed by atoms with Gasteiger partial charge in [0.1, 0.15) is 35.0 Å². The second-order valence-corrected chi connectivity index (χ2v) is 5.69. The molecular weight excluding hydrogens is 296 g/mol. The highest BCUT2D eigenvalue weighted by atomic mass is 16.5. The van der Waals surface area contributed by atoms with Crippen LogP contribution >= 0.6 is 0 Å². The highest BCUT2D eigenvalue weighted by molar-refractivity contribution is 5.80. The second kappa shape index (κ2) is 5.05. The van der Waals surface area contributed by atoms with Crippen LogP contribution in [0.3, 0.4) is 0 Å². The van der Waals surface area contributed by atoms with Gasteiger partial charge in [-0.3, -0.25) is 4.79 Å². The van der Waals surface area contributed by atoms with Gasteiger partial charge in [0, 0.05) is 11.6 Å². The van der Waals surface area contributed by atoms with Crippen molar-refractivity contribution in [2.75, 3.05) is 0 Å². The third-order valence-corrected chi connectivity index (χ3v) is 4.12. The average Bonchev–Trinajstić information content (AvgIpc) is 2.52. The zero-order valence-electron chi connectivity index (χ0n) is 12.1. The normalized spacial score (nSPS) is 23.2. The van der Waals surface area contributed by atoms with Gasteiger partial charge in [0.2, 0.25) is 0 Å². The van der Waals surface area contributed by atoms with Crippen LogP contribution in [0, 0.1) is 5.92 Å². The summed E-state index contributed by atoms with van der Waals surface area (Å²) in [6, 6.07) is 9.45. The molecule has 0 spiro atoms. The van der Waals surface area contributed by atoms with Gasteiger partial charge in [0.15, 0.2) is 0 Å². The van der Waals surface area contributed by atoms with E-state index in [9.17, 15) is 15.0 Å². The van der Waals surface area contributed by atoms with E-state index in [2.05, 4.69) is 0 Å². The lowest BCUT2D eigenvalue weighted by Gasteiger charge is -2.31. The molecule has 2 aliphatic heterocycles. The van der Waals surface area contributed by atoms with E-state index in [1.165, 1.54) is 12.1 Å². The minimum atomic E-state index is -0.479. The Labute approximate surface area is 132 Å². The number of hydrogen-bond acceptors (Lipinski definition) is 5. The molecule has 0 aromatic heterocycles. The van der Waals surface area contributed by atoms with E-state index in [4.69, 9.17) is 9.47 Å². The third-order valence-electron chi connectivity index (χ3n) is 4.12. The molecule has 0 unspecified atom stereocenters. The van der Waals surface area contributed by atoms with Crippen molar-refractivity contribution in [2.24, 2.45) is 5.92 Å². The zero-order chi connectivity index (χ0) is 16.0. The number of carbonyl (C=O) groups is 1. The van der Waals surface area contributed by atoms with Gasteiger partial charge >= 0.3 is 5.97 Å². The Kier molecular flexibility index (Phi) is 3.01. The van der Waals surface area contributed by atoms with Crippen LogP contribution in [-0.4, -0.2) is 22.3 Å². The van der Waals surface area contributed by atoms with E-state index in [-0.39, 0.29) is 17.5 Å².